The van der Waals surface area contributed by atoms with Gasteiger partial charge in [-0.3, -0.25) is 14.7 Å². The van der Waals surface area contributed by atoms with Gasteiger partial charge in [-0.1, -0.05) is 24.3 Å². The van der Waals surface area contributed by atoms with Gasteiger partial charge in [0.15, 0.2) is 0 Å². The first-order chi connectivity index (χ1) is 10.7. The maximum atomic E-state index is 12.4. The van der Waals surface area contributed by atoms with Gasteiger partial charge in [0, 0.05) is 50.9 Å². The van der Waals surface area contributed by atoms with Crippen molar-refractivity contribution in [2.75, 3.05) is 46.3 Å². The maximum absolute atomic E-state index is 12.4. The molecule has 0 bridgehead atoms. The lowest BCUT2D eigenvalue weighted by Crippen LogP contribution is -2.46. The number of nitrogens with zero attached hydrogens (tertiary/aromatic N) is 3. The summed E-state index contributed by atoms with van der Waals surface area (Å²) in [7, 11) is 2.14. The fraction of sp³-hybridized carbons (Fsp3) is 0.412. The summed E-state index contributed by atoms with van der Waals surface area (Å²) in [6.07, 6.45) is 1.69. The van der Waals surface area contributed by atoms with Crippen molar-refractivity contribution in [3.05, 3.63) is 42.2 Å². The average molecular weight is 298 g/mol. The monoisotopic (exact) mass is 298 g/mol. The first-order valence-corrected chi connectivity index (χ1v) is 7.77. The Morgan fingerprint density at radius 3 is 2.77 bits per heavy atom. The van der Waals surface area contributed by atoms with E-state index in [2.05, 4.69) is 27.1 Å². The van der Waals surface area contributed by atoms with E-state index >= 15 is 0 Å². The number of hydrogen-bond acceptors (Lipinski definition) is 4. The molecule has 1 aromatic carbocycles. The van der Waals surface area contributed by atoms with Crippen LogP contribution in [0.1, 0.15) is 10.5 Å². The Morgan fingerprint density at radius 1 is 1.18 bits per heavy atom. The van der Waals surface area contributed by atoms with Crippen molar-refractivity contribution in [1.82, 2.24) is 20.1 Å². The van der Waals surface area contributed by atoms with Crippen molar-refractivity contribution in [3.8, 4) is 0 Å². The van der Waals surface area contributed by atoms with Gasteiger partial charge in [0.25, 0.3) is 5.91 Å². The molecule has 3 rings (SSSR count). The van der Waals surface area contributed by atoms with E-state index in [9.17, 15) is 4.79 Å². The minimum Gasteiger partial charge on any atom is -0.349 e. The molecule has 1 aromatic heterocycles. The first-order valence-electron chi connectivity index (χ1n) is 7.77. The van der Waals surface area contributed by atoms with Gasteiger partial charge in [0.2, 0.25) is 0 Å². The highest BCUT2D eigenvalue weighted by atomic mass is 16.1. The van der Waals surface area contributed by atoms with E-state index in [1.807, 2.05) is 30.3 Å². The highest BCUT2D eigenvalue weighted by molar-refractivity contribution is 6.05. The molecule has 5 nitrogen and oxygen atoms in total. The predicted octanol–water partition coefficient (Wildman–Crippen LogP) is 1.21. The number of carbonyl (C=O) groups is 1. The Labute approximate surface area is 130 Å². The Bertz CT molecular complexity index is 645. The van der Waals surface area contributed by atoms with Gasteiger partial charge in [-0.05, 0) is 18.5 Å². The number of hydrogen-bond donors (Lipinski definition) is 1. The molecule has 0 spiro atoms. The molecule has 22 heavy (non-hydrogen) atoms. The summed E-state index contributed by atoms with van der Waals surface area (Å²) in [5, 5.41) is 4.94. The summed E-state index contributed by atoms with van der Waals surface area (Å²) in [4.78, 5) is 21.3. The summed E-state index contributed by atoms with van der Waals surface area (Å²) in [5.74, 6) is -0.0917. The molecule has 0 radical (unpaired) electrons. The summed E-state index contributed by atoms with van der Waals surface area (Å²) in [6.45, 7) is 5.88. The maximum Gasteiger partial charge on any atom is 0.270 e. The number of benzene rings is 1. The van der Waals surface area contributed by atoms with Gasteiger partial charge in [0.05, 0.1) is 0 Å². The van der Waals surface area contributed by atoms with Gasteiger partial charge >= 0.3 is 0 Å². The number of fused-ring (bicyclic) bond motifs is 1. The number of rotatable bonds is 4. The van der Waals surface area contributed by atoms with Crippen molar-refractivity contribution in [1.29, 1.82) is 0 Å². The van der Waals surface area contributed by atoms with Crippen molar-refractivity contribution >= 4 is 16.7 Å². The minimum atomic E-state index is -0.0917. The fourth-order valence-corrected chi connectivity index (χ4v) is 2.78. The van der Waals surface area contributed by atoms with Gasteiger partial charge in [0.1, 0.15) is 5.69 Å². The zero-order chi connectivity index (χ0) is 15.4. The second-order valence-electron chi connectivity index (χ2n) is 5.78. The van der Waals surface area contributed by atoms with Crippen LogP contribution in [0, 0.1) is 0 Å². The molecule has 2 heterocycles. The molecule has 1 aliphatic rings. The molecule has 116 valence electrons. The molecule has 0 saturated carbocycles. The van der Waals surface area contributed by atoms with Crippen LogP contribution in [0.15, 0.2) is 36.5 Å². The molecule has 1 amide bonds. The molecular formula is C17H22N4O. The van der Waals surface area contributed by atoms with E-state index in [0.717, 1.165) is 43.5 Å². The smallest absolute Gasteiger partial charge is 0.270 e. The van der Waals surface area contributed by atoms with Crippen LogP contribution in [-0.2, 0) is 0 Å². The summed E-state index contributed by atoms with van der Waals surface area (Å²) < 4.78 is 0. The van der Waals surface area contributed by atoms with Crippen molar-refractivity contribution in [2.24, 2.45) is 0 Å². The number of carbonyl (C=O) groups excluding carboxylic acids is 1. The van der Waals surface area contributed by atoms with Crippen LogP contribution in [0.25, 0.3) is 10.8 Å². The summed E-state index contributed by atoms with van der Waals surface area (Å²) in [6, 6.07) is 9.77. The normalized spacial score (nSPS) is 16.8. The molecule has 1 fully saturated rings. The molecule has 5 heteroatoms. The van der Waals surface area contributed by atoms with Crippen LogP contribution in [0.4, 0.5) is 0 Å². The highest BCUT2D eigenvalue weighted by Gasteiger charge is 2.14. The van der Waals surface area contributed by atoms with E-state index < -0.39 is 0 Å². The Morgan fingerprint density at radius 2 is 1.95 bits per heavy atom. The van der Waals surface area contributed by atoms with Gasteiger partial charge in [-0.15, -0.1) is 0 Å². The van der Waals surface area contributed by atoms with Crippen molar-refractivity contribution in [3.63, 3.8) is 0 Å². The molecule has 1 saturated heterocycles. The quantitative estimate of drug-likeness (QED) is 0.922. The van der Waals surface area contributed by atoms with Crippen molar-refractivity contribution in [2.45, 2.75) is 0 Å². The Balaban J connectivity index is 1.57. The third-order valence-corrected chi connectivity index (χ3v) is 4.20. The lowest BCUT2D eigenvalue weighted by Gasteiger charge is -2.32. The molecule has 2 aromatic rings. The van der Waals surface area contributed by atoms with Crippen LogP contribution < -0.4 is 5.32 Å². The highest BCUT2D eigenvalue weighted by Crippen LogP contribution is 2.15. The zero-order valence-corrected chi connectivity index (χ0v) is 13.0. The second kappa shape index (κ2) is 6.85. The zero-order valence-electron chi connectivity index (χ0n) is 13.0. The largest absolute Gasteiger partial charge is 0.349 e. The van der Waals surface area contributed by atoms with Crippen molar-refractivity contribution < 1.29 is 4.79 Å². The third kappa shape index (κ3) is 3.43. The molecular weight excluding hydrogens is 276 g/mol. The van der Waals surface area contributed by atoms with Gasteiger partial charge < -0.3 is 10.2 Å². The molecule has 1 N–H and O–H groups in total. The summed E-state index contributed by atoms with van der Waals surface area (Å²) >= 11 is 0. The standard InChI is InChI=1S/C17H22N4O/c1-20-10-12-21(13-11-20)9-8-19-17(22)16-15-5-3-2-4-14(15)6-7-18-16/h2-7H,8-13H2,1H3,(H,19,22). The second-order valence-corrected chi connectivity index (χ2v) is 5.78. The van der Waals surface area contributed by atoms with Gasteiger partial charge in [-0.2, -0.15) is 0 Å². The lowest BCUT2D eigenvalue weighted by molar-refractivity contribution is 0.0938. The van der Waals surface area contributed by atoms with Crippen LogP contribution in [0.5, 0.6) is 0 Å². The number of piperazine rings is 1. The number of amides is 1. The third-order valence-electron chi connectivity index (χ3n) is 4.20. The predicted molar refractivity (Wildman–Crippen MR) is 88.0 cm³/mol. The topological polar surface area (TPSA) is 48.5 Å². The molecule has 0 aliphatic carbocycles. The van der Waals surface area contributed by atoms with Crippen LogP contribution >= 0.6 is 0 Å². The van der Waals surface area contributed by atoms with Gasteiger partial charge in [-0.25, -0.2) is 0 Å². The Kier molecular flexibility index (Phi) is 4.65. The van der Waals surface area contributed by atoms with Crippen LogP contribution in [0.2, 0.25) is 0 Å². The minimum absolute atomic E-state index is 0.0917. The molecule has 0 unspecified atom stereocenters. The number of nitrogens with one attached hydrogen (secondary N) is 1. The van der Waals surface area contributed by atoms with E-state index in [1.54, 1.807) is 6.20 Å². The molecule has 0 atom stereocenters. The average Bonchev–Trinajstić information content (AvgIpc) is 2.56. The van der Waals surface area contributed by atoms with E-state index in [0.29, 0.717) is 12.2 Å². The number of aromatic nitrogens is 1. The summed E-state index contributed by atoms with van der Waals surface area (Å²) in [5.41, 5.74) is 0.511. The van der Waals surface area contributed by atoms with E-state index in [1.165, 1.54) is 0 Å². The van der Waals surface area contributed by atoms with E-state index in [-0.39, 0.29) is 5.91 Å². The lowest BCUT2D eigenvalue weighted by atomic mass is 10.1. The fourth-order valence-electron chi connectivity index (χ4n) is 2.78. The molecule has 1 aliphatic heterocycles. The SMILES string of the molecule is CN1CCN(CCNC(=O)c2nccc3ccccc23)CC1. The first kappa shape index (κ1) is 14.9. The number of likely N-dealkylation sites (N-methyl/N-ethyl adjacent to an activating group) is 1. The van der Waals surface area contributed by atoms with Crippen LogP contribution in [0.3, 0.4) is 0 Å². The Hall–Kier alpha value is -1.98. The number of pyridine rings is 1. The van der Waals surface area contributed by atoms with Crippen LogP contribution in [-0.4, -0.2) is 67.0 Å². The van der Waals surface area contributed by atoms with E-state index in [4.69, 9.17) is 0 Å².